The van der Waals surface area contributed by atoms with Crippen LogP contribution in [0.2, 0.25) is 0 Å². The Morgan fingerprint density at radius 1 is 0.370 bits per heavy atom. The first-order chi connectivity index (χ1) is 26.5. The van der Waals surface area contributed by atoms with E-state index in [1.165, 1.54) is 128 Å². The smallest absolute Gasteiger partial charge is 0.306 e. The highest BCUT2D eigenvalue weighted by molar-refractivity contribution is 5.71. The number of ether oxygens (including phenoxy) is 3. The number of hydrogen-bond donors (Lipinski definition) is 0. The lowest BCUT2D eigenvalue weighted by molar-refractivity contribution is -0.167. The highest BCUT2D eigenvalue weighted by Gasteiger charge is 2.19. The first kappa shape index (κ1) is 51.9. The fraction of sp³-hybridized carbons (Fsp3) is 0.854. The van der Waals surface area contributed by atoms with Gasteiger partial charge in [0.05, 0.1) is 0 Å². The third-order valence-corrected chi connectivity index (χ3v) is 10.2. The molecule has 6 nitrogen and oxygen atoms in total. The molecule has 0 N–H and O–H groups in total. The molecule has 0 aliphatic heterocycles. The van der Waals surface area contributed by atoms with Crippen molar-refractivity contribution in [3.63, 3.8) is 0 Å². The molecule has 0 saturated carbocycles. The Morgan fingerprint density at radius 3 is 1.04 bits per heavy atom. The van der Waals surface area contributed by atoms with Crippen LogP contribution >= 0.6 is 0 Å². The van der Waals surface area contributed by atoms with Crippen molar-refractivity contribution in [3.8, 4) is 0 Å². The maximum Gasteiger partial charge on any atom is 0.306 e. The minimum Gasteiger partial charge on any atom is -0.462 e. The van der Waals surface area contributed by atoms with Crippen LogP contribution < -0.4 is 0 Å². The number of carbonyl (C=O) groups is 3. The fourth-order valence-electron chi connectivity index (χ4n) is 6.65. The molecule has 0 aromatic carbocycles. The fourth-order valence-corrected chi connectivity index (χ4v) is 6.65. The molecule has 0 rings (SSSR count). The average molecular weight is 761 g/mol. The lowest BCUT2D eigenvalue weighted by Crippen LogP contribution is -2.30. The molecule has 0 aromatic rings. The van der Waals surface area contributed by atoms with Crippen molar-refractivity contribution >= 4 is 17.9 Å². The van der Waals surface area contributed by atoms with Crippen molar-refractivity contribution in [1.29, 1.82) is 0 Å². The Hall–Kier alpha value is -2.11. The molecule has 0 fully saturated rings. The molecule has 0 amide bonds. The van der Waals surface area contributed by atoms with Gasteiger partial charge in [0.2, 0.25) is 0 Å². The SMILES string of the molecule is CCCCCC/C=C\C/C=C\CCCCCCCCCC(=O)OCC(COC(=O)CCCCCCC)OC(=O)CCCCCCCCCCCCCCC. The molecule has 0 saturated heterocycles. The molecule has 0 spiro atoms. The van der Waals surface area contributed by atoms with Gasteiger partial charge in [0.25, 0.3) is 0 Å². The van der Waals surface area contributed by atoms with Gasteiger partial charge in [0, 0.05) is 19.3 Å². The van der Waals surface area contributed by atoms with E-state index in [-0.39, 0.29) is 31.1 Å². The lowest BCUT2D eigenvalue weighted by Gasteiger charge is -2.18. The van der Waals surface area contributed by atoms with E-state index >= 15 is 0 Å². The Bertz CT molecular complexity index is 880. The van der Waals surface area contributed by atoms with E-state index < -0.39 is 6.10 Å². The second-order valence-electron chi connectivity index (χ2n) is 15.7. The van der Waals surface area contributed by atoms with Crippen LogP contribution in [0.15, 0.2) is 24.3 Å². The van der Waals surface area contributed by atoms with Gasteiger partial charge in [-0.05, 0) is 51.4 Å². The van der Waals surface area contributed by atoms with Crippen molar-refractivity contribution < 1.29 is 28.6 Å². The zero-order valence-corrected chi connectivity index (χ0v) is 36.0. The van der Waals surface area contributed by atoms with Gasteiger partial charge in [-0.15, -0.1) is 0 Å². The van der Waals surface area contributed by atoms with Gasteiger partial charge in [-0.3, -0.25) is 14.4 Å². The van der Waals surface area contributed by atoms with E-state index in [1.54, 1.807) is 0 Å². The number of hydrogen-bond acceptors (Lipinski definition) is 6. The topological polar surface area (TPSA) is 78.9 Å². The lowest BCUT2D eigenvalue weighted by atomic mass is 10.0. The molecule has 0 aromatic heterocycles. The Kier molecular flexibility index (Phi) is 41.9. The van der Waals surface area contributed by atoms with Gasteiger partial charge >= 0.3 is 17.9 Å². The van der Waals surface area contributed by atoms with Crippen molar-refractivity contribution in [1.82, 2.24) is 0 Å². The third kappa shape index (κ3) is 41.1. The van der Waals surface area contributed by atoms with Gasteiger partial charge in [0.15, 0.2) is 6.10 Å². The average Bonchev–Trinajstić information content (AvgIpc) is 3.17. The van der Waals surface area contributed by atoms with Crippen molar-refractivity contribution in [2.45, 2.75) is 252 Å². The van der Waals surface area contributed by atoms with Crippen LogP contribution in [-0.4, -0.2) is 37.2 Å². The second kappa shape index (κ2) is 43.6. The number of unbranched alkanes of at least 4 members (excludes halogenated alkanes) is 27. The van der Waals surface area contributed by atoms with Gasteiger partial charge < -0.3 is 14.2 Å². The number of esters is 3. The Balaban J connectivity index is 4.18. The highest BCUT2D eigenvalue weighted by atomic mass is 16.6. The minimum atomic E-state index is -0.765. The van der Waals surface area contributed by atoms with Gasteiger partial charge in [0.1, 0.15) is 13.2 Å². The van der Waals surface area contributed by atoms with Gasteiger partial charge in [-0.2, -0.15) is 0 Å². The van der Waals surface area contributed by atoms with Crippen LogP contribution in [0.4, 0.5) is 0 Å². The van der Waals surface area contributed by atoms with Gasteiger partial charge in [-0.1, -0.05) is 199 Å². The molecule has 1 unspecified atom stereocenters. The van der Waals surface area contributed by atoms with E-state index in [0.29, 0.717) is 19.3 Å². The molecular formula is C48H88O6. The van der Waals surface area contributed by atoms with Crippen LogP contribution in [0.1, 0.15) is 245 Å². The number of rotatable bonds is 42. The Morgan fingerprint density at radius 2 is 0.667 bits per heavy atom. The summed E-state index contributed by atoms with van der Waals surface area (Å²) in [5.74, 6) is -0.887. The van der Waals surface area contributed by atoms with Crippen LogP contribution in [0.25, 0.3) is 0 Å². The largest absolute Gasteiger partial charge is 0.462 e. The van der Waals surface area contributed by atoms with Crippen LogP contribution in [0.3, 0.4) is 0 Å². The summed E-state index contributed by atoms with van der Waals surface area (Å²) in [6.45, 7) is 6.54. The molecule has 0 bridgehead atoms. The van der Waals surface area contributed by atoms with Crippen molar-refractivity contribution in [2.75, 3.05) is 13.2 Å². The van der Waals surface area contributed by atoms with Crippen molar-refractivity contribution in [3.05, 3.63) is 24.3 Å². The predicted molar refractivity (Wildman–Crippen MR) is 229 cm³/mol. The summed E-state index contributed by atoms with van der Waals surface area (Å²) < 4.78 is 16.6. The zero-order valence-electron chi connectivity index (χ0n) is 36.0. The summed E-state index contributed by atoms with van der Waals surface area (Å²) in [5.41, 5.74) is 0. The third-order valence-electron chi connectivity index (χ3n) is 10.2. The van der Waals surface area contributed by atoms with E-state index in [0.717, 1.165) is 77.0 Å². The van der Waals surface area contributed by atoms with Crippen LogP contribution in [0.5, 0.6) is 0 Å². The summed E-state index contributed by atoms with van der Waals surface area (Å²) in [7, 11) is 0. The summed E-state index contributed by atoms with van der Waals surface area (Å²) in [6.07, 6.45) is 47.6. The maximum absolute atomic E-state index is 12.7. The highest BCUT2D eigenvalue weighted by Crippen LogP contribution is 2.15. The molecular weight excluding hydrogens is 673 g/mol. The first-order valence-corrected chi connectivity index (χ1v) is 23.3. The summed E-state index contributed by atoms with van der Waals surface area (Å²) in [4.78, 5) is 37.5. The molecule has 0 aliphatic carbocycles. The quantitative estimate of drug-likeness (QED) is 0.0267. The van der Waals surface area contributed by atoms with Gasteiger partial charge in [-0.25, -0.2) is 0 Å². The summed E-state index contributed by atoms with van der Waals surface area (Å²) in [5, 5.41) is 0. The van der Waals surface area contributed by atoms with E-state index in [2.05, 4.69) is 45.1 Å². The monoisotopic (exact) mass is 761 g/mol. The van der Waals surface area contributed by atoms with E-state index in [4.69, 9.17) is 14.2 Å². The number of allylic oxidation sites excluding steroid dienone is 4. The van der Waals surface area contributed by atoms with Crippen LogP contribution in [0, 0.1) is 0 Å². The van der Waals surface area contributed by atoms with E-state index in [9.17, 15) is 14.4 Å². The molecule has 6 heteroatoms. The summed E-state index contributed by atoms with van der Waals surface area (Å²) >= 11 is 0. The molecule has 0 heterocycles. The van der Waals surface area contributed by atoms with Crippen molar-refractivity contribution in [2.24, 2.45) is 0 Å². The molecule has 1 atom stereocenters. The Labute approximate surface area is 334 Å². The molecule has 316 valence electrons. The van der Waals surface area contributed by atoms with E-state index in [1.807, 2.05) is 0 Å². The maximum atomic E-state index is 12.7. The minimum absolute atomic E-state index is 0.0720. The molecule has 54 heavy (non-hydrogen) atoms. The first-order valence-electron chi connectivity index (χ1n) is 23.3. The zero-order chi connectivity index (χ0) is 39.4. The second-order valence-corrected chi connectivity index (χ2v) is 15.7. The predicted octanol–water partition coefficient (Wildman–Crippen LogP) is 14.8. The van der Waals surface area contributed by atoms with Crippen LogP contribution in [-0.2, 0) is 28.6 Å². The number of carbonyl (C=O) groups excluding carboxylic acids is 3. The molecule has 0 aliphatic rings. The normalized spacial score (nSPS) is 12.1. The summed E-state index contributed by atoms with van der Waals surface area (Å²) in [6, 6.07) is 0. The standard InChI is InChI=1S/C48H88O6/c1-4-7-10-13-15-17-19-21-22-23-24-25-27-28-30-32-35-38-41-47(50)53-44-45(43-52-46(49)40-37-34-12-9-6-3)54-48(51)42-39-36-33-31-29-26-20-18-16-14-11-8-5-2/h17,19,22-23,45H,4-16,18,20-21,24-44H2,1-3H3/b19-17-,23-22-. The molecule has 0 radical (unpaired) electrons.